The molecule has 6 heteroatoms. The van der Waals surface area contributed by atoms with Gasteiger partial charge in [-0.05, 0) is 41.4 Å². The molecule has 2 aromatic rings. The van der Waals surface area contributed by atoms with Crippen molar-refractivity contribution in [3.8, 4) is 0 Å². The Morgan fingerprint density at radius 2 is 2.18 bits per heavy atom. The Bertz CT molecular complexity index is 566. The van der Waals surface area contributed by atoms with Crippen LogP contribution >= 0.6 is 15.9 Å². The van der Waals surface area contributed by atoms with Gasteiger partial charge in [-0.1, -0.05) is 5.16 Å². The van der Waals surface area contributed by atoms with Crippen molar-refractivity contribution in [2.75, 3.05) is 5.32 Å². The Balaban J connectivity index is 2.19. The fraction of sp³-hybridized carbons (Fsp3) is 0.182. The molecule has 0 aliphatic heterocycles. The molecule has 2 heterocycles. The van der Waals surface area contributed by atoms with E-state index in [4.69, 9.17) is 4.52 Å². The van der Waals surface area contributed by atoms with Crippen molar-refractivity contribution in [1.82, 2.24) is 10.1 Å². The number of aromatic nitrogens is 2. The van der Waals surface area contributed by atoms with E-state index in [0.717, 1.165) is 10.0 Å². The number of carbonyl (C=O) groups excluding carboxylic acids is 1. The van der Waals surface area contributed by atoms with E-state index >= 15 is 0 Å². The van der Waals surface area contributed by atoms with Gasteiger partial charge in [0.25, 0.3) is 5.91 Å². The highest BCUT2D eigenvalue weighted by Gasteiger charge is 2.13. The van der Waals surface area contributed by atoms with E-state index < -0.39 is 0 Å². The number of amides is 1. The van der Waals surface area contributed by atoms with Crippen LogP contribution < -0.4 is 5.32 Å². The number of anilines is 1. The van der Waals surface area contributed by atoms with Crippen LogP contribution in [-0.4, -0.2) is 16.0 Å². The van der Waals surface area contributed by atoms with Crippen LogP contribution in [0.15, 0.2) is 27.5 Å². The van der Waals surface area contributed by atoms with Gasteiger partial charge in [0.2, 0.25) is 0 Å². The first kappa shape index (κ1) is 11.8. The molecule has 0 unspecified atom stereocenters. The lowest BCUT2D eigenvalue weighted by Crippen LogP contribution is -2.13. The number of hydrogen-bond donors (Lipinski definition) is 1. The summed E-state index contributed by atoms with van der Waals surface area (Å²) in [6.07, 6.45) is 3.03. The third kappa shape index (κ3) is 2.52. The number of halogens is 1. The third-order valence-corrected chi connectivity index (χ3v) is 3.11. The highest BCUT2D eigenvalue weighted by atomic mass is 79.9. The van der Waals surface area contributed by atoms with E-state index in [1.165, 1.54) is 6.20 Å². The van der Waals surface area contributed by atoms with Crippen molar-refractivity contribution in [2.24, 2.45) is 0 Å². The third-order valence-electron chi connectivity index (χ3n) is 2.28. The molecular formula is C11H10BrN3O2. The van der Waals surface area contributed by atoms with Gasteiger partial charge in [-0.3, -0.25) is 4.79 Å². The minimum atomic E-state index is -0.280. The molecule has 1 amide bonds. The van der Waals surface area contributed by atoms with E-state index in [1.807, 2.05) is 6.92 Å². The second-order valence-corrected chi connectivity index (χ2v) is 4.42. The first-order valence-corrected chi connectivity index (χ1v) is 5.72. The van der Waals surface area contributed by atoms with Gasteiger partial charge in [0, 0.05) is 10.7 Å². The molecule has 0 atom stereocenters. The van der Waals surface area contributed by atoms with Crippen molar-refractivity contribution >= 4 is 27.7 Å². The summed E-state index contributed by atoms with van der Waals surface area (Å²) in [5, 5.41) is 6.23. The molecular weight excluding hydrogens is 286 g/mol. The molecule has 0 aliphatic carbocycles. The van der Waals surface area contributed by atoms with Gasteiger partial charge in [-0.15, -0.1) is 0 Å². The molecule has 1 N–H and O–H groups in total. The summed E-state index contributed by atoms with van der Waals surface area (Å²) in [6.45, 7) is 3.61. The van der Waals surface area contributed by atoms with Crippen molar-refractivity contribution in [2.45, 2.75) is 13.8 Å². The molecule has 0 fully saturated rings. The number of carbonyl (C=O) groups is 1. The molecule has 2 rings (SSSR count). The average Bonchev–Trinajstić information content (AvgIpc) is 2.70. The van der Waals surface area contributed by atoms with Gasteiger partial charge < -0.3 is 9.84 Å². The molecule has 0 spiro atoms. The largest absolute Gasteiger partial charge is 0.361 e. The maximum absolute atomic E-state index is 11.8. The van der Waals surface area contributed by atoms with Crippen LogP contribution in [0.1, 0.15) is 21.7 Å². The zero-order chi connectivity index (χ0) is 12.4. The lowest BCUT2D eigenvalue weighted by molar-refractivity contribution is 0.102. The van der Waals surface area contributed by atoms with Crippen LogP contribution in [0.2, 0.25) is 0 Å². The van der Waals surface area contributed by atoms with Crippen LogP contribution in [0.4, 0.5) is 5.82 Å². The predicted octanol–water partition coefficient (Wildman–Crippen LogP) is 2.70. The molecule has 0 saturated carbocycles. The Morgan fingerprint density at radius 1 is 1.41 bits per heavy atom. The summed E-state index contributed by atoms with van der Waals surface area (Å²) in [5.74, 6) is 0.700. The molecule has 0 saturated heterocycles. The fourth-order valence-electron chi connectivity index (χ4n) is 1.31. The van der Waals surface area contributed by atoms with Crippen molar-refractivity contribution < 1.29 is 9.32 Å². The molecule has 0 aliphatic rings. The fourth-order valence-corrected chi connectivity index (χ4v) is 1.52. The van der Waals surface area contributed by atoms with E-state index in [9.17, 15) is 4.79 Å². The first-order valence-electron chi connectivity index (χ1n) is 4.92. The number of hydrogen-bond acceptors (Lipinski definition) is 4. The zero-order valence-electron chi connectivity index (χ0n) is 9.32. The Kier molecular flexibility index (Phi) is 3.23. The lowest BCUT2D eigenvalue weighted by Gasteiger charge is -2.04. The van der Waals surface area contributed by atoms with E-state index in [2.05, 4.69) is 31.4 Å². The second kappa shape index (κ2) is 4.67. The molecule has 0 aromatic carbocycles. The maximum Gasteiger partial charge on any atom is 0.262 e. The van der Waals surface area contributed by atoms with Crippen LogP contribution in [0.25, 0.3) is 0 Å². The topological polar surface area (TPSA) is 68.0 Å². The van der Waals surface area contributed by atoms with Gasteiger partial charge in [0.05, 0.1) is 6.20 Å². The molecule has 2 aromatic heterocycles. The number of nitrogens with zero attached hydrogens (tertiary/aromatic N) is 2. The number of rotatable bonds is 2. The molecule has 0 bridgehead atoms. The summed E-state index contributed by atoms with van der Waals surface area (Å²) in [7, 11) is 0. The number of pyridine rings is 1. The minimum Gasteiger partial charge on any atom is -0.361 e. The Morgan fingerprint density at radius 3 is 2.76 bits per heavy atom. The van der Waals surface area contributed by atoms with Crippen molar-refractivity contribution in [3.05, 3.63) is 39.8 Å². The van der Waals surface area contributed by atoms with E-state index in [1.54, 1.807) is 19.2 Å². The van der Waals surface area contributed by atoms with Gasteiger partial charge >= 0.3 is 0 Å². The van der Waals surface area contributed by atoms with E-state index in [-0.39, 0.29) is 5.91 Å². The Labute approximate surface area is 106 Å². The normalized spacial score (nSPS) is 10.3. The Hall–Kier alpha value is -1.69. The van der Waals surface area contributed by atoms with Crippen molar-refractivity contribution in [3.63, 3.8) is 0 Å². The SMILES string of the molecule is Cc1cc(NC(=O)c2cnoc2C)ncc1Br. The standard InChI is InChI=1S/C11H10BrN3O2/c1-6-3-10(13-5-9(6)12)15-11(16)8-4-14-17-7(8)2/h3-5H,1-2H3,(H,13,15,16). The average molecular weight is 296 g/mol. The second-order valence-electron chi connectivity index (χ2n) is 3.57. The smallest absolute Gasteiger partial charge is 0.262 e. The summed E-state index contributed by atoms with van der Waals surface area (Å²) >= 11 is 3.35. The van der Waals surface area contributed by atoms with Crippen molar-refractivity contribution in [1.29, 1.82) is 0 Å². The van der Waals surface area contributed by atoms with Gasteiger partial charge in [0.1, 0.15) is 17.1 Å². The molecule has 17 heavy (non-hydrogen) atoms. The number of aryl methyl sites for hydroxylation is 2. The van der Waals surface area contributed by atoms with Crippen LogP contribution in [0, 0.1) is 13.8 Å². The maximum atomic E-state index is 11.8. The monoisotopic (exact) mass is 295 g/mol. The minimum absolute atomic E-state index is 0.280. The van der Waals surface area contributed by atoms with Crippen LogP contribution in [0.3, 0.4) is 0 Å². The molecule has 5 nitrogen and oxygen atoms in total. The van der Waals surface area contributed by atoms with Gasteiger partial charge in [-0.25, -0.2) is 4.98 Å². The highest BCUT2D eigenvalue weighted by molar-refractivity contribution is 9.10. The first-order chi connectivity index (χ1) is 8.08. The molecule has 0 radical (unpaired) electrons. The van der Waals surface area contributed by atoms with Gasteiger partial charge in [-0.2, -0.15) is 0 Å². The molecule has 88 valence electrons. The summed E-state index contributed by atoms with van der Waals surface area (Å²) in [5.41, 5.74) is 1.41. The number of nitrogens with one attached hydrogen (secondary N) is 1. The zero-order valence-corrected chi connectivity index (χ0v) is 10.9. The van der Waals surface area contributed by atoms with Crippen LogP contribution in [0.5, 0.6) is 0 Å². The predicted molar refractivity (Wildman–Crippen MR) is 65.9 cm³/mol. The lowest BCUT2D eigenvalue weighted by atomic mass is 10.2. The van der Waals surface area contributed by atoms with Crippen LogP contribution in [-0.2, 0) is 0 Å². The summed E-state index contributed by atoms with van der Waals surface area (Å²) < 4.78 is 5.73. The quantitative estimate of drug-likeness (QED) is 0.925. The van der Waals surface area contributed by atoms with Gasteiger partial charge in [0.15, 0.2) is 0 Å². The summed E-state index contributed by atoms with van der Waals surface area (Å²) in [4.78, 5) is 15.9. The highest BCUT2D eigenvalue weighted by Crippen LogP contribution is 2.18. The van der Waals surface area contributed by atoms with E-state index in [0.29, 0.717) is 17.1 Å². The summed E-state index contributed by atoms with van der Waals surface area (Å²) in [6, 6.07) is 1.78.